The zero-order valence-corrected chi connectivity index (χ0v) is 14.9. The maximum absolute atomic E-state index is 5.20. The third-order valence-electron chi connectivity index (χ3n) is 4.72. The highest BCUT2D eigenvalue weighted by molar-refractivity contribution is 5.96. The quantitative estimate of drug-likeness (QED) is 0.481. The van der Waals surface area contributed by atoms with E-state index in [0.29, 0.717) is 11.5 Å². The number of imidazole rings is 1. The molecule has 6 heterocycles. The second kappa shape index (κ2) is 6.06. The van der Waals surface area contributed by atoms with E-state index >= 15 is 0 Å². The van der Waals surface area contributed by atoms with Crippen molar-refractivity contribution in [3.05, 3.63) is 61.8 Å². The van der Waals surface area contributed by atoms with Crippen LogP contribution < -0.4 is 0 Å². The molecule has 0 saturated carbocycles. The fourth-order valence-electron chi connectivity index (χ4n) is 3.34. The van der Waals surface area contributed by atoms with Crippen LogP contribution >= 0.6 is 0 Å². The van der Waals surface area contributed by atoms with Gasteiger partial charge in [-0.05, 0) is 18.2 Å². The highest BCUT2D eigenvalue weighted by Gasteiger charge is 2.17. The summed E-state index contributed by atoms with van der Waals surface area (Å²) in [5.41, 5.74) is 6.36. The number of rotatable bonds is 3. The van der Waals surface area contributed by atoms with Crippen LogP contribution in [-0.4, -0.2) is 40.1 Å². The van der Waals surface area contributed by atoms with Crippen LogP contribution in [0.1, 0.15) is 0 Å². The van der Waals surface area contributed by atoms with Gasteiger partial charge in [0.1, 0.15) is 23.2 Å². The van der Waals surface area contributed by atoms with Crippen molar-refractivity contribution in [2.24, 2.45) is 0 Å². The Labute approximate surface area is 162 Å². The topological polar surface area (TPSA) is 122 Å². The molecule has 0 bridgehead atoms. The number of nitrogens with one attached hydrogen (secondary N) is 2. The van der Waals surface area contributed by atoms with Crippen LogP contribution in [0, 0.1) is 0 Å². The molecule has 0 spiro atoms. The summed E-state index contributed by atoms with van der Waals surface area (Å²) in [5, 5.41) is 8.38. The van der Waals surface area contributed by atoms with E-state index < -0.39 is 0 Å². The van der Waals surface area contributed by atoms with Crippen LogP contribution in [0.4, 0.5) is 0 Å². The highest BCUT2D eigenvalue weighted by atomic mass is 16.3. The molecule has 6 aromatic rings. The fourth-order valence-corrected chi connectivity index (χ4v) is 3.34. The predicted octanol–water partition coefficient (Wildman–Crippen LogP) is 3.61. The third-order valence-corrected chi connectivity index (χ3v) is 4.72. The monoisotopic (exact) mass is 380 g/mol. The number of H-pyrrole nitrogens is 2. The van der Waals surface area contributed by atoms with E-state index in [0.717, 1.165) is 44.5 Å². The second-order valence-corrected chi connectivity index (χ2v) is 6.47. The Morgan fingerprint density at radius 2 is 1.83 bits per heavy atom. The van der Waals surface area contributed by atoms with Gasteiger partial charge in [-0.15, -0.1) is 0 Å². The van der Waals surface area contributed by atoms with Gasteiger partial charge in [-0.3, -0.25) is 15.1 Å². The molecule has 9 nitrogen and oxygen atoms in total. The van der Waals surface area contributed by atoms with Crippen molar-refractivity contribution in [3.8, 4) is 34.0 Å². The number of fused-ring (bicyclic) bond motifs is 2. The highest BCUT2D eigenvalue weighted by Crippen LogP contribution is 2.31. The predicted molar refractivity (Wildman–Crippen MR) is 105 cm³/mol. The molecule has 0 amide bonds. The van der Waals surface area contributed by atoms with Gasteiger partial charge in [0, 0.05) is 35.1 Å². The van der Waals surface area contributed by atoms with Gasteiger partial charge in [0.05, 0.1) is 35.5 Å². The smallest absolute Gasteiger partial charge is 0.159 e. The second-order valence-electron chi connectivity index (χ2n) is 6.47. The lowest BCUT2D eigenvalue weighted by Crippen LogP contribution is -1.87. The van der Waals surface area contributed by atoms with Crippen molar-refractivity contribution in [1.82, 2.24) is 40.1 Å². The zero-order chi connectivity index (χ0) is 19.2. The Balaban J connectivity index is 1.53. The lowest BCUT2D eigenvalue weighted by molar-refractivity contribution is 0.568. The van der Waals surface area contributed by atoms with E-state index in [2.05, 4.69) is 35.1 Å². The van der Waals surface area contributed by atoms with Crippen molar-refractivity contribution in [1.29, 1.82) is 0 Å². The Hall–Kier alpha value is -4.40. The molecular formula is C20H12N8O. The Bertz CT molecular complexity index is 1450. The first-order chi connectivity index (χ1) is 14.4. The van der Waals surface area contributed by atoms with Gasteiger partial charge in [0.25, 0.3) is 0 Å². The number of furan rings is 1. The molecule has 0 atom stereocenters. The first-order valence-corrected chi connectivity index (χ1v) is 8.84. The Morgan fingerprint density at radius 3 is 2.69 bits per heavy atom. The lowest BCUT2D eigenvalue weighted by atomic mass is 10.1. The summed E-state index contributed by atoms with van der Waals surface area (Å²) in [6.45, 7) is 0. The fraction of sp³-hybridized carbons (Fsp3) is 0. The molecule has 0 unspecified atom stereocenters. The first kappa shape index (κ1) is 15.6. The molecule has 6 aromatic heterocycles. The minimum atomic E-state index is 0.644. The number of hydrogen-bond donors (Lipinski definition) is 2. The number of hydrogen-bond acceptors (Lipinski definition) is 7. The summed E-state index contributed by atoms with van der Waals surface area (Å²) in [6.07, 6.45) is 11.7. The van der Waals surface area contributed by atoms with Crippen LogP contribution in [0.2, 0.25) is 0 Å². The minimum Gasteiger partial charge on any atom is -0.472 e. The average Bonchev–Trinajstić information content (AvgIpc) is 3.52. The molecule has 9 heteroatoms. The number of aromatic amines is 2. The summed E-state index contributed by atoms with van der Waals surface area (Å²) in [5.74, 6) is 0.644. The van der Waals surface area contributed by atoms with Gasteiger partial charge in [-0.2, -0.15) is 5.10 Å². The first-order valence-electron chi connectivity index (χ1n) is 8.84. The Kier molecular flexibility index (Phi) is 3.27. The molecule has 0 aliphatic carbocycles. The van der Waals surface area contributed by atoms with Gasteiger partial charge in [-0.25, -0.2) is 15.0 Å². The lowest BCUT2D eigenvalue weighted by Gasteiger charge is -1.99. The molecule has 6 rings (SSSR count). The van der Waals surface area contributed by atoms with Gasteiger partial charge >= 0.3 is 0 Å². The van der Waals surface area contributed by atoms with E-state index in [1.54, 1.807) is 37.3 Å². The largest absolute Gasteiger partial charge is 0.472 e. The summed E-state index contributed by atoms with van der Waals surface area (Å²) < 4.78 is 5.20. The molecule has 0 saturated heterocycles. The average molecular weight is 380 g/mol. The van der Waals surface area contributed by atoms with E-state index in [-0.39, 0.29) is 0 Å². The van der Waals surface area contributed by atoms with E-state index in [4.69, 9.17) is 9.40 Å². The van der Waals surface area contributed by atoms with Gasteiger partial charge < -0.3 is 9.40 Å². The van der Waals surface area contributed by atoms with Gasteiger partial charge in [0.15, 0.2) is 5.82 Å². The SMILES string of the molecule is c1ncc(-c2cc3c(-c4nc5c(-c6ccoc6)nccc5[nH]4)n[nH]c3cn2)cn1. The summed E-state index contributed by atoms with van der Waals surface area (Å²) >= 11 is 0. The van der Waals surface area contributed by atoms with Crippen molar-refractivity contribution < 1.29 is 4.42 Å². The molecule has 138 valence electrons. The molecule has 0 radical (unpaired) electrons. The third kappa shape index (κ3) is 2.48. The maximum atomic E-state index is 5.20. The zero-order valence-electron chi connectivity index (χ0n) is 14.9. The molecule has 29 heavy (non-hydrogen) atoms. The van der Waals surface area contributed by atoms with Crippen molar-refractivity contribution in [2.45, 2.75) is 0 Å². The minimum absolute atomic E-state index is 0.644. The maximum Gasteiger partial charge on any atom is 0.159 e. The van der Waals surface area contributed by atoms with Gasteiger partial charge in [0.2, 0.25) is 0 Å². The van der Waals surface area contributed by atoms with Crippen LogP contribution in [0.3, 0.4) is 0 Å². The van der Waals surface area contributed by atoms with E-state index in [1.807, 2.05) is 18.2 Å². The van der Waals surface area contributed by atoms with Crippen LogP contribution in [0.25, 0.3) is 56.0 Å². The normalized spacial score (nSPS) is 11.4. The number of pyridine rings is 2. The van der Waals surface area contributed by atoms with Crippen LogP contribution in [0.15, 0.2) is 66.3 Å². The molecule has 0 fully saturated rings. The standard InChI is InChI=1S/C20H12N8O/c1-3-23-17(11-2-4-29-9-11)19-14(1)25-20(26-19)18-13-5-15(12-6-21-10-22-7-12)24-8-16(13)27-28-18/h1-10H,(H,25,26)(H,27,28). The van der Waals surface area contributed by atoms with Crippen molar-refractivity contribution in [3.63, 3.8) is 0 Å². The van der Waals surface area contributed by atoms with E-state index in [9.17, 15) is 0 Å². The van der Waals surface area contributed by atoms with Gasteiger partial charge in [-0.1, -0.05) is 0 Å². The number of aromatic nitrogens is 8. The molecule has 0 aromatic carbocycles. The molecular weight excluding hydrogens is 368 g/mol. The molecule has 2 N–H and O–H groups in total. The molecule has 0 aliphatic heterocycles. The number of nitrogens with zero attached hydrogens (tertiary/aromatic N) is 6. The van der Waals surface area contributed by atoms with Crippen molar-refractivity contribution >= 4 is 21.9 Å². The summed E-state index contributed by atoms with van der Waals surface area (Å²) in [6, 6.07) is 5.70. The summed E-state index contributed by atoms with van der Waals surface area (Å²) in [7, 11) is 0. The molecule has 0 aliphatic rings. The van der Waals surface area contributed by atoms with Crippen LogP contribution in [0.5, 0.6) is 0 Å². The van der Waals surface area contributed by atoms with Crippen LogP contribution in [-0.2, 0) is 0 Å². The Morgan fingerprint density at radius 1 is 0.897 bits per heavy atom. The van der Waals surface area contributed by atoms with Crippen molar-refractivity contribution in [2.75, 3.05) is 0 Å². The summed E-state index contributed by atoms with van der Waals surface area (Å²) in [4.78, 5) is 25.2. The van der Waals surface area contributed by atoms with E-state index in [1.165, 1.54) is 6.33 Å².